The molecule has 0 unspecified atom stereocenters. The topological polar surface area (TPSA) is 72.2 Å². The SMILES string of the molecule is O=C(Nc1ccc(Br)c(Br)c1)c1ccc(Cl)cc1[N+](=O)[O-]. The van der Waals surface area contributed by atoms with Crippen molar-refractivity contribution in [2.45, 2.75) is 0 Å². The zero-order valence-electron chi connectivity index (χ0n) is 10.3. The van der Waals surface area contributed by atoms with Crippen molar-refractivity contribution in [1.82, 2.24) is 0 Å². The second-order valence-corrected chi connectivity index (χ2v) is 6.15. The molecule has 2 aromatic rings. The van der Waals surface area contributed by atoms with Crippen LogP contribution in [-0.2, 0) is 0 Å². The number of nitrogens with zero attached hydrogens (tertiary/aromatic N) is 1. The summed E-state index contributed by atoms with van der Waals surface area (Å²) >= 11 is 12.3. The van der Waals surface area contributed by atoms with E-state index in [9.17, 15) is 14.9 Å². The quantitative estimate of drug-likeness (QED) is 0.544. The lowest BCUT2D eigenvalue weighted by Crippen LogP contribution is -2.14. The van der Waals surface area contributed by atoms with Gasteiger partial charge in [-0.1, -0.05) is 11.6 Å². The lowest BCUT2D eigenvalue weighted by molar-refractivity contribution is -0.385. The molecule has 0 bridgehead atoms. The summed E-state index contributed by atoms with van der Waals surface area (Å²) in [4.78, 5) is 22.5. The summed E-state index contributed by atoms with van der Waals surface area (Å²) in [6.45, 7) is 0. The molecule has 0 aromatic heterocycles. The van der Waals surface area contributed by atoms with Crippen LogP contribution in [0.1, 0.15) is 10.4 Å². The standard InChI is InChI=1S/C13H7Br2ClN2O3/c14-10-4-2-8(6-11(10)15)17-13(19)9-3-1-7(16)5-12(9)18(20)21/h1-6H,(H,17,19). The molecule has 0 heterocycles. The minimum atomic E-state index is -0.641. The molecular formula is C13H7Br2ClN2O3. The smallest absolute Gasteiger partial charge is 0.283 e. The summed E-state index contributed by atoms with van der Waals surface area (Å²) in [5, 5.41) is 13.8. The molecule has 8 heteroatoms. The predicted molar refractivity (Wildman–Crippen MR) is 87.9 cm³/mol. The third-order valence-corrected chi connectivity index (χ3v) is 4.69. The van der Waals surface area contributed by atoms with Crippen molar-refractivity contribution in [2.75, 3.05) is 5.32 Å². The monoisotopic (exact) mass is 432 g/mol. The highest BCUT2D eigenvalue weighted by Crippen LogP contribution is 2.28. The Labute approximate surface area is 141 Å². The number of benzene rings is 2. The van der Waals surface area contributed by atoms with Crippen LogP contribution in [0.4, 0.5) is 11.4 Å². The fraction of sp³-hybridized carbons (Fsp3) is 0. The van der Waals surface area contributed by atoms with Gasteiger partial charge in [-0.25, -0.2) is 0 Å². The summed E-state index contributed by atoms with van der Waals surface area (Å²) in [5.41, 5.74) is 0.124. The second kappa shape index (κ2) is 6.55. The molecule has 21 heavy (non-hydrogen) atoms. The first-order valence-electron chi connectivity index (χ1n) is 5.59. The van der Waals surface area contributed by atoms with Crippen molar-refractivity contribution in [3.05, 3.63) is 66.0 Å². The first kappa shape index (κ1) is 15.9. The molecule has 0 saturated heterocycles. The number of carbonyl (C=O) groups is 1. The maximum atomic E-state index is 12.2. The lowest BCUT2D eigenvalue weighted by Gasteiger charge is -2.07. The maximum Gasteiger partial charge on any atom is 0.283 e. The third kappa shape index (κ3) is 3.81. The van der Waals surface area contributed by atoms with Crippen LogP contribution < -0.4 is 5.32 Å². The van der Waals surface area contributed by atoms with E-state index in [-0.39, 0.29) is 16.3 Å². The van der Waals surface area contributed by atoms with Gasteiger partial charge in [-0.05, 0) is 62.2 Å². The maximum absolute atomic E-state index is 12.2. The number of nitro groups is 1. The van der Waals surface area contributed by atoms with E-state index < -0.39 is 10.8 Å². The van der Waals surface area contributed by atoms with Crippen LogP contribution >= 0.6 is 43.5 Å². The Kier molecular flexibility index (Phi) is 4.97. The van der Waals surface area contributed by atoms with Gasteiger partial charge in [-0.15, -0.1) is 0 Å². The zero-order valence-corrected chi connectivity index (χ0v) is 14.2. The zero-order chi connectivity index (χ0) is 15.6. The highest BCUT2D eigenvalue weighted by atomic mass is 79.9. The van der Waals surface area contributed by atoms with Crippen molar-refractivity contribution in [3.8, 4) is 0 Å². The van der Waals surface area contributed by atoms with Gasteiger partial charge in [0.05, 0.1) is 4.92 Å². The molecule has 0 spiro atoms. The van der Waals surface area contributed by atoms with Gasteiger partial charge in [-0.2, -0.15) is 0 Å². The van der Waals surface area contributed by atoms with Gasteiger partial charge in [0, 0.05) is 25.7 Å². The van der Waals surface area contributed by atoms with Crippen molar-refractivity contribution in [2.24, 2.45) is 0 Å². The Balaban J connectivity index is 2.32. The highest BCUT2D eigenvalue weighted by Gasteiger charge is 2.20. The van der Waals surface area contributed by atoms with Gasteiger partial charge in [0.25, 0.3) is 11.6 Å². The average Bonchev–Trinajstić information content (AvgIpc) is 2.42. The van der Waals surface area contributed by atoms with Crippen LogP contribution in [0.3, 0.4) is 0 Å². The number of rotatable bonds is 3. The average molecular weight is 434 g/mol. The van der Waals surface area contributed by atoms with Crippen LogP contribution in [0.25, 0.3) is 0 Å². The molecule has 5 nitrogen and oxygen atoms in total. The molecule has 1 amide bonds. The van der Waals surface area contributed by atoms with Crippen LogP contribution in [0.5, 0.6) is 0 Å². The Morgan fingerprint density at radius 2 is 1.86 bits per heavy atom. The number of nitrogens with one attached hydrogen (secondary N) is 1. The van der Waals surface area contributed by atoms with E-state index in [1.165, 1.54) is 12.1 Å². The summed E-state index contributed by atoms with van der Waals surface area (Å²) in [6.07, 6.45) is 0. The summed E-state index contributed by atoms with van der Waals surface area (Å²) in [6, 6.07) is 9.01. The number of anilines is 1. The number of hydrogen-bond donors (Lipinski definition) is 1. The fourth-order valence-electron chi connectivity index (χ4n) is 1.62. The minimum absolute atomic E-state index is 0.0524. The molecule has 0 aliphatic carbocycles. The van der Waals surface area contributed by atoms with Gasteiger partial charge in [0.15, 0.2) is 0 Å². The molecule has 0 aliphatic rings. The first-order chi connectivity index (χ1) is 9.88. The van der Waals surface area contributed by atoms with Gasteiger partial charge in [0.1, 0.15) is 5.56 Å². The normalized spacial score (nSPS) is 10.2. The van der Waals surface area contributed by atoms with Crippen LogP contribution in [-0.4, -0.2) is 10.8 Å². The molecule has 2 rings (SSSR count). The van der Waals surface area contributed by atoms with E-state index in [4.69, 9.17) is 11.6 Å². The Morgan fingerprint density at radius 1 is 1.14 bits per heavy atom. The third-order valence-electron chi connectivity index (χ3n) is 2.58. The highest BCUT2D eigenvalue weighted by molar-refractivity contribution is 9.13. The van der Waals surface area contributed by atoms with Gasteiger partial charge >= 0.3 is 0 Å². The minimum Gasteiger partial charge on any atom is -0.322 e. The first-order valence-corrected chi connectivity index (χ1v) is 7.55. The lowest BCUT2D eigenvalue weighted by atomic mass is 10.1. The largest absolute Gasteiger partial charge is 0.322 e. The summed E-state index contributed by atoms with van der Waals surface area (Å²) in [7, 11) is 0. The molecule has 2 aromatic carbocycles. The van der Waals surface area contributed by atoms with Gasteiger partial charge in [0.2, 0.25) is 0 Å². The second-order valence-electron chi connectivity index (χ2n) is 4.00. The molecule has 1 N–H and O–H groups in total. The van der Waals surface area contributed by atoms with E-state index >= 15 is 0 Å². The van der Waals surface area contributed by atoms with Crippen LogP contribution in [0.15, 0.2) is 45.3 Å². The summed E-state index contributed by atoms with van der Waals surface area (Å²) in [5.74, 6) is -0.576. The van der Waals surface area contributed by atoms with E-state index in [1.54, 1.807) is 18.2 Å². The van der Waals surface area contributed by atoms with Crippen molar-refractivity contribution in [3.63, 3.8) is 0 Å². The molecular weight excluding hydrogens is 427 g/mol. The van der Waals surface area contributed by atoms with E-state index in [0.717, 1.165) is 15.0 Å². The molecule has 0 radical (unpaired) electrons. The Hall–Kier alpha value is -1.44. The van der Waals surface area contributed by atoms with Crippen molar-refractivity contribution >= 4 is 60.7 Å². The van der Waals surface area contributed by atoms with E-state index in [1.807, 2.05) is 0 Å². The Morgan fingerprint density at radius 3 is 2.48 bits per heavy atom. The van der Waals surface area contributed by atoms with Gasteiger partial charge in [-0.3, -0.25) is 14.9 Å². The summed E-state index contributed by atoms with van der Waals surface area (Å²) < 4.78 is 1.59. The number of halogens is 3. The van der Waals surface area contributed by atoms with Gasteiger partial charge < -0.3 is 5.32 Å². The Bertz CT molecular complexity index is 737. The van der Waals surface area contributed by atoms with E-state index in [0.29, 0.717) is 5.69 Å². The number of carbonyl (C=O) groups excluding carboxylic acids is 1. The predicted octanol–water partition coefficient (Wildman–Crippen LogP) is 5.03. The number of hydrogen-bond acceptors (Lipinski definition) is 3. The van der Waals surface area contributed by atoms with E-state index in [2.05, 4.69) is 37.2 Å². The molecule has 0 fully saturated rings. The molecule has 0 saturated carbocycles. The van der Waals surface area contributed by atoms with Crippen molar-refractivity contribution < 1.29 is 9.72 Å². The molecule has 108 valence electrons. The van der Waals surface area contributed by atoms with Crippen LogP contribution in [0, 0.1) is 10.1 Å². The molecule has 0 atom stereocenters. The fourth-order valence-corrected chi connectivity index (χ4v) is 2.41. The van der Waals surface area contributed by atoms with Crippen LogP contribution in [0.2, 0.25) is 5.02 Å². The molecule has 0 aliphatic heterocycles. The number of nitro benzene ring substituents is 1. The number of amides is 1. The van der Waals surface area contributed by atoms with Crippen molar-refractivity contribution in [1.29, 1.82) is 0 Å².